The largest absolute Gasteiger partial charge is 0.453 e. The molecule has 0 bridgehead atoms. The molecule has 1 aromatic carbocycles. The van der Waals surface area contributed by atoms with E-state index in [9.17, 15) is 9.18 Å². The Morgan fingerprint density at radius 3 is 2.96 bits per heavy atom. The van der Waals surface area contributed by atoms with Gasteiger partial charge in [0.2, 0.25) is 0 Å². The molecule has 1 aliphatic heterocycles. The lowest BCUT2D eigenvalue weighted by atomic mass is 9.88. The highest BCUT2D eigenvalue weighted by Crippen LogP contribution is 2.34. The fourth-order valence-electron chi connectivity index (χ4n) is 3.11. The first kappa shape index (κ1) is 19.0. The number of nitrogens with zero attached hydrogens (tertiary/aromatic N) is 1. The summed E-state index contributed by atoms with van der Waals surface area (Å²) in [7, 11) is 3.38. The highest BCUT2D eigenvalue weighted by Gasteiger charge is 2.28. The number of carbonyl (C=O) groups is 1. The number of hydrogen-bond acceptors (Lipinski definition) is 4. The maximum absolute atomic E-state index is 13.7. The number of halogens is 2. The molecule has 1 fully saturated rings. The molecule has 1 saturated heterocycles. The van der Waals surface area contributed by atoms with Gasteiger partial charge in [-0.05, 0) is 50.2 Å². The standard InChI is InChI=1S/C17H24ClFN2O3/c1-21-6-3-4-12(11-21)16(24-7-5-20-17(22)23-2)13-8-14(18)10-15(19)9-13/h8-10,12,16H,3-7,11H2,1-2H3,(H,20,22). The number of methoxy groups -OCH3 is 1. The van der Waals surface area contributed by atoms with Gasteiger partial charge in [-0.15, -0.1) is 0 Å². The van der Waals surface area contributed by atoms with Gasteiger partial charge >= 0.3 is 6.09 Å². The van der Waals surface area contributed by atoms with Crippen molar-refractivity contribution in [3.8, 4) is 0 Å². The summed E-state index contributed by atoms with van der Waals surface area (Å²) in [4.78, 5) is 13.3. The van der Waals surface area contributed by atoms with Crippen molar-refractivity contribution in [1.82, 2.24) is 10.2 Å². The monoisotopic (exact) mass is 358 g/mol. The van der Waals surface area contributed by atoms with Crippen LogP contribution < -0.4 is 5.32 Å². The van der Waals surface area contributed by atoms with Crippen molar-refractivity contribution in [1.29, 1.82) is 0 Å². The number of likely N-dealkylation sites (tertiary alicyclic amines) is 1. The average molecular weight is 359 g/mol. The predicted molar refractivity (Wildman–Crippen MR) is 90.7 cm³/mol. The minimum Gasteiger partial charge on any atom is -0.453 e. The van der Waals surface area contributed by atoms with Gasteiger partial charge in [0.25, 0.3) is 0 Å². The van der Waals surface area contributed by atoms with Crippen LogP contribution in [-0.2, 0) is 9.47 Å². The third kappa shape index (κ3) is 5.61. The van der Waals surface area contributed by atoms with Crippen LogP contribution >= 0.6 is 11.6 Å². The molecular weight excluding hydrogens is 335 g/mol. The molecule has 24 heavy (non-hydrogen) atoms. The van der Waals surface area contributed by atoms with Gasteiger partial charge in [-0.2, -0.15) is 0 Å². The summed E-state index contributed by atoms with van der Waals surface area (Å²) in [5, 5.41) is 2.93. The van der Waals surface area contributed by atoms with Crippen molar-refractivity contribution in [3.05, 3.63) is 34.6 Å². The molecule has 2 atom stereocenters. The van der Waals surface area contributed by atoms with Crippen LogP contribution in [0.2, 0.25) is 5.02 Å². The Morgan fingerprint density at radius 1 is 1.50 bits per heavy atom. The van der Waals surface area contributed by atoms with Crippen molar-refractivity contribution in [2.45, 2.75) is 18.9 Å². The van der Waals surface area contributed by atoms with E-state index in [2.05, 4.69) is 22.0 Å². The van der Waals surface area contributed by atoms with E-state index in [1.54, 1.807) is 6.07 Å². The number of rotatable bonds is 6. The quantitative estimate of drug-likeness (QED) is 0.793. The Hall–Kier alpha value is -1.37. The molecular formula is C17H24ClFN2O3. The number of benzene rings is 1. The summed E-state index contributed by atoms with van der Waals surface area (Å²) < 4.78 is 24.3. The van der Waals surface area contributed by atoms with Crippen LogP contribution in [0.1, 0.15) is 24.5 Å². The van der Waals surface area contributed by atoms with Crippen molar-refractivity contribution in [2.75, 3.05) is 40.4 Å². The third-order valence-corrected chi connectivity index (χ3v) is 4.37. The summed E-state index contributed by atoms with van der Waals surface area (Å²) in [5.74, 6) is -0.123. The molecule has 1 aliphatic rings. The van der Waals surface area contributed by atoms with Crippen molar-refractivity contribution in [2.24, 2.45) is 5.92 Å². The highest BCUT2D eigenvalue weighted by molar-refractivity contribution is 6.30. The van der Waals surface area contributed by atoms with Crippen molar-refractivity contribution >= 4 is 17.7 Å². The first-order chi connectivity index (χ1) is 11.5. The van der Waals surface area contributed by atoms with Gasteiger partial charge in [0.05, 0.1) is 19.8 Å². The Bertz CT molecular complexity index is 538. The fourth-order valence-corrected chi connectivity index (χ4v) is 3.34. The number of amides is 1. The summed E-state index contributed by atoms with van der Waals surface area (Å²) in [6.45, 7) is 2.57. The molecule has 5 nitrogen and oxygen atoms in total. The van der Waals surface area contributed by atoms with Crippen LogP contribution in [0.5, 0.6) is 0 Å². The zero-order valence-corrected chi connectivity index (χ0v) is 14.8. The lowest BCUT2D eigenvalue weighted by Crippen LogP contribution is -2.36. The van der Waals surface area contributed by atoms with E-state index in [1.165, 1.54) is 19.2 Å². The maximum Gasteiger partial charge on any atom is 0.406 e. The third-order valence-electron chi connectivity index (χ3n) is 4.16. The number of hydrogen-bond donors (Lipinski definition) is 1. The van der Waals surface area contributed by atoms with Crippen LogP contribution in [0.4, 0.5) is 9.18 Å². The zero-order chi connectivity index (χ0) is 17.5. The lowest BCUT2D eigenvalue weighted by Gasteiger charge is -2.35. The van der Waals surface area contributed by atoms with Gasteiger partial charge in [-0.1, -0.05) is 11.6 Å². The molecule has 1 amide bonds. The normalized spacial score (nSPS) is 19.8. The van der Waals surface area contributed by atoms with Crippen molar-refractivity contribution in [3.63, 3.8) is 0 Å². The van der Waals surface area contributed by atoms with E-state index in [0.29, 0.717) is 18.2 Å². The van der Waals surface area contributed by atoms with E-state index in [1.807, 2.05) is 0 Å². The molecule has 1 aromatic rings. The zero-order valence-electron chi connectivity index (χ0n) is 14.1. The highest BCUT2D eigenvalue weighted by atomic mass is 35.5. The molecule has 7 heteroatoms. The number of piperidine rings is 1. The van der Waals surface area contributed by atoms with Crippen LogP contribution in [0.15, 0.2) is 18.2 Å². The van der Waals surface area contributed by atoms with Gasteiger partial charge in [-0.3, -0.25) is 0 Å². The van der Waals surface area contributed by atoms with E-state index in [-0.39, 0.29) is 17.8 Å². The number of carbonyl (C=O) groups excluding carboxylic acids is 1. The SMILES string of the molecule is COC(=O)NCCOC(c1cc(F)cc(Cl)c1)C1CCCN(C)C1. The fraction of sp³-hybridized carbons (Fsp3) is 0.588. The molecule has 2 rings (SSSR count). The van der Waals surface area contributed by atoms with Crippen LogP contribution in [0, 0.1) is 11.7 Å². The second-order valence-electron chi connectivity index (χ2n) is 6.08. The van der Waals surface area contributed by atoms with Crippen molar-refractivity contribution < 1.29 is 18.7 Å². The summed E-state index contributed by atoms with van der Waals surface area (Å²) in [6.07, 6.45) is 1.32. The number of ether oxygens (including phenoxy) is 2. The first-order valence-corrected chi connectivity index (χ1v) is 8.45. The van der Waals surface area contributed by atoms with Gasteiger partial charge < -0.3 is 19.7 Å². The second-order valence-corrected chi connectivity index (χ2v) is 6.51. The summed E-state index contributed by atoms with van der Waals surface area (Å²) in [5.41, 5.74) is 0.735. The van der Waals surface area contributed by atoms with E-state index in [0.717, 1.165) is 31.5 Å². The Kier molecular flexibility index (Phi) is 7.27. The van der Waals surface area contributed by atoms with Crippen LogP contribution in [0.25, 0.3) is 0 Å². The van der Waals surface area contributed by atoms with E-state index in [4.69, 9.17) is 16.3 Å². The van der Waals surface area contributed by atoms with E-state index >= 15 is 0 Å². The smallest absolute Gasteiger partial charge is 0.406 e. The van der Waals surface area contributed by atoms with E-state index < -0.39 is 6.09 Å². The van der Waals surface area contributed by atoms with Gasteiger partial charge in [0.1, 0.15) is 5.82 Å². The molecule has 0 saturated carbocycles. The molecule has 0 aromatic heterocycles. The lowest BCUT2D eigenvalue weighted by molar-refractivity contribution is -0.0107. The van der Waals surface area contributed by atoms with Gasteiger partial charge in [-0.25, -0.2) is 9.18 Å². The van der Waals surface area contributed by atoms with Gasteiger partial charge in [0, 0.05) is 24.0 Å². The maximum atomic E-state index is 13.7. The molecule has 0 radical (unpaired) electrons. The molecule has 134 valence electrons. The van der Waals surface area contributed by atoms with Crippen LogP contribution in [0.3, 0.4) is 0 Å². The summed E-state index contributed by atoms with van der Waals surface area (Å²) in [6, 6.07) is 4.50. The predicted octanol–water partition coefficient (Wildman–Crippen LogP) is 3.23. The Labute approximate surface area is 147 Å². The van der Waals surface area contributed by atoms with Crippen LogP contribution in [-0.4, -0.2) is 51.4 Å². The Morgan fingerprint density at radius 2 is 2.29 bits per heavy atom. The van der Waals surface area contributed by atoms with Gasteiger partial charge in [0.15, 0.2) is 0 Å². The number of alkyl carbamates (subject to hydrolysis) is 1. The Balaban J connectivity index is 2.07. The molecule has 1 N–H and O–H groups in total. The first-order valence-electron chi connectivity index (χ1n) is 8.07. The average Bonchev–Trinajstić information content (AvgIpc) is 2.53. The number of nitrogens with one attached hydrogen (secondary N) is 1. The molecule has 1 heterocycles. The summed E-state index contributed by atoms with van der Waals surface area (Å²) >= 11 is 6.00. The topological polar surface area (TPSA) is 50.8 Å². The molecule has 0 aliphatic carbocycles. The molecule has 0 spiro atoms. The second kappa shape index (κ2) is 9.20. The minimum atomic E-state index is -0.499. The minimum absolute atomic E-state index is 0.250. The molecule has 2 unspecified atom stereocenters.